The minimum atomic E-state index is -1.11. The van der Waals surface area contributed by atoms with Gasteiger partial charge in [-0.2, -0.15) is 0 Å². The SMILES string of the molecule is C[C@@H](Oc1ccc(Oc2ccc3ccc(Br)cc3n2)cc1)C(=O)NCC(=O)O. The first-order valence-electron chi connectivity index (χ1n) is 8.41. The molecular formula is C20H17BrN2O5. The van der Waals surface area contributed by atoms with Gasteiger partial charge in [0.1, 0.15) is 18.0 Å². The third-order valence-corrected chi connectivity index (χ3v) is 4.26. The Balaban J connectivity index is 1.62. The number of amides is 1. The van der Waals surface area contributed by atoms with Gasteiger partial charge in [-0.05, 0) is 49.4 Å². The summed E-state index contributed by atoms with van der Waals surface area (Å²) in [7, 11) is 0. The van der Waals surface area contributed by atoms with Crippen molar-refractivity contribution in [2.75, 3.05) is 6.54 Å². The number of hydrogen-bond acceptors (Lipinski definition) is 5. The minimum Gasteiger partial charge on any atom is -0.481 e. The van der Waals surface area contributed by atoms with E-state index < -0.39 is 24.5 Å². The van der Waals surface area contributed by atoms with E-state index in [0.717, 1.165) is 15.4 Å². The number of ether oxygens (including phenoxy) is 2. The second-order valence-electron chi connectivity index (χ2n) is 5.93. The van der Waals surface area contributed by atoms with E-state index in [4.69, 9.17) is 14.6 Å². The minimum absolute atomic E-state index is 0.450. The lowest BCUT2D eigenvalue weighted by Gasteiger charge is -2.14. The van der Waals surface area contributed by atoms with E-state index in [1.165, 1.54) is 0 Å². The second-order valence-corrected chi connectivity index (χ2v) is 6.85. The molecule has 0 aliphatic heterocycles. The Morgan fingerprint density at radius 3 is 2.50 bits per heavy atom. The molecule has 2 aromatic carbocycles. The summed E-state index contributed by atoms with van der Waals surface area (Å²) < 4.78 is 12.2. The van der Waals surface area contributed by atoms with Gasteiger partial charge >= 0.3 is 5.97 Å². The fourth-order valence-corrected chi connectivity index (χ4v) is 2.75. The number of hydrogen-bond donors (Lipinski definition) is 2. The van der Waals surface area contributed by atoms with Gasteiger partial charge in [0.05, 0.1) is 5.52 Å². The average molecular weight is 445 g/mol. The Morgan fingerprint density at radius 2 is 1.79 bits per heavy atom. The quantitative estimate of drug-likeness (QED) is 0.575. The summed E-state index contributed by atoms with van der Waals surface area (Å²) in [6.45, 7) is 1.09. The molecule has 1 heterocycles. The molecule has 0 spiro atoms. The van der Waals surface area contributed by atoms with Crippen molar-refractivity contribution in [2.45, 2.75) is 13.0 Å². The molecule has 0 saturated heterocycles. The normalized spacial score (nSPS) is 11.6. The molecule has 8 heteroatoms. The van der Waals surface area contributed by atoms with Gasteiger partial charge in [-0.15, -0.1) is 0 Å². The number of carbonyl (C=O) groups is 2. The molecule has 1 aromatic heterocycles. The molecule has 28 heavy (non-hydrogen) atoms. The van der Waals surface area contributed by atoms with Crippen LogP contribution in [0.2, 0.25) is 0 Å². The van der Waals surface area contributed by atoms with Crippen molar-refractivity contribution < 1.29 is 24.2 Å². The first-order chi connectivity index (χ1) is 13.4. The monoisotopic (exact) mass is 444 g/mol. The lowest BCUT2D eigenvalue weighted by atomic mass is 10.2. The molecule has 0 bridgehead atoms. The van der Waals surface area contributed by atoms with E-state index in [2.05, 4.69) is 26.2 Å². The van der Waals surface area contributed by atoms with Gasteiger partial charge in [0.15, 0.2) is 6.10 Å². The van der Waals surface area contributed by atoms with E-state index in [-0.39, 0.29) is 0 Å². The summed E-state index contributed by atoms with van der Waals surface area (Å²) in [4.78, 5) is 26.7. The summed E-state index contributed by atoms with van der Waals surface area (Å²) in [5, 5.41) is 11.9. The van der Waals surface area contributed by atoms with Gasteiger partial charge in [0.2, 0.25) is 5.88 Å². The van der Waals surface area contributed by atoms with Gasteiger partial charge in [0.25, 0.3) is 5.91 Å². The van der Waals surface area contributed by atoms with Crippen LogP contribution < -0.4 is 14.8 Å². The summed E-state index contributed by atoms with van der Waals surface area (Å²) in [5.74, 6) is -0.135. The molecule has 3 rings (SSSR count). The first kappa shape index (κ1) is 19.6. The fourth-order valence-electron chi connectivity index (χ4n) is 2.40. The van der Waals surface area contributed by atoms with E-state index >= 15 is 0 Å². The van der Waals surface area contributed by atoms with E-state index in [0.29, 0.717) is 17.4 Å². The van der Waals surface area contributed by atoms with Crippen LogP contribution in [0, 0.1) is 0 Å². The van der Waals surface area contributed by atoms with Crippen LogP contribution in [-0.4, -0.2) is 34.6 Å². The Kier molecular flexibility index (Phi) is 6.10. The molecule has 0 aliphatic rings. The summed E-state index contributed by atoms with van der Waals surface area (Å²) in [6, 6.07) is 16.3. The molecule has 144 valence electrons. The van der Waals surface area contributed by atoms with Crippen LogP contribution in [-0.2, 0) is 9.59 Å². The second kappa shape index (κ2) is 8.71. The number of fused-ring (bicyclic) bond motifs is 1. The number of nitrogens with one attached hydrogen (secondary N) is 1. The van der Waals surface area contributed by atoms with Crippen molar-refractivity contribution in [3.8, 4) is 17.4 Å². The van der Waals surface area contributed by atoms with Crippen molar-refractivity contribution in [1.29, 1.82) is 0 Å². The molecule has 1 amide bonds. The molecule has 0 radical (unpaired) electrons. The lowest BCUT2D eigenvalue weighted by molar-refractivity contribution is -0.139. The Labute approximate surface area is 169 Å². The fraction of sp³-hybridized carbons (Fsp3) is 0.150. The lowest BCUT2D eigenvalue weighted by Crippen LogP contribution is -2.39. The van der Waals surface area contributed by atoms with Gasteiger partial charge < -0.3 is 19.9 Å². The van der Waals surface area contributed by atoms with Gasteiger partial charge in [0, 0.05) is 15.9 Å². The van der Waals surface area contributed by atoms with Crippen molar-refractivity contribution in [3.05, 3.63) is 59.1 Å². The number of benzene rings is 2. The third-order valence-electron chi connectivity index (χ3n) is 3.77. The van der Waals surface area contributed by atoms with E-state index in [1.807, 2.05) is 24.3 Å². The zero-order chi connectivity index (χ0) is 20.1. The van der Waals surface area contributed by atoms with E-state index in [9.17, 15) is 9.59 Å². The predicted octanol–water partition coefficient (Wildman–Crippen LogP) is 3.76. The van der Waals surface area contributed by atoms with Gasteiger partial charge in [-0.1, -0.05) is 22.0 Å². The summed E-state index contributed by atoms with van der Waals surface area (Å²) in [5.41, 5.74) is 0.813. The highest BCUT2D eigenvalue weighted by Crippen LogP contribution is 2.26. The molecule has 1 atom stereocenters. The summed E-state index contributed by atoms with van der Waals surface area (Å²) >= 11 is 3.43. The zero-order valence-corrected chi connectivity index (χ0v) is 16.5. The van der Waals surface area contributed by atoms with Crippen molar-refractivity contribution in [2.24, 2.45) is 0 Å². The number of nitrogens with zero attached hydrogens (tertiary/aromatic N) is 1. The molecule has 0 fully saturated rings. The van der Waals surface area contributed by atoms with Gasteiger partial charge in [-0.25, -0.2) is 4.98 Å². The number of aliphatic carboxylic acids is 1. The molecule has 0 saturated carbocycles. The molecule has 0 unspecified atom stereocenters. The number of aromatic nitrogens is 1. The Hall–Kier alpha value is -3.13. The number of carbonyl (C=O) groups excluding carboxylic acids is 1. The van der Waals surface area contributed by atoms with Crippen molar-refractivity contribution in [1.82, 2.24) is 10.3 Å². The Bertz CT molecular complexity index is 1010. The van der Waals surface area contributed by atoms with Crippen molar-refractivity contribution in [3.63, 3.8) is 0 Å². The average Bonchev–Trinajstić information content (AvgIpc) is 2.67. The molecule has 7 nitrogen and oxygen atoms in total. The molecule has 0 aliphatic carbocycles. The largest absolute Gasteiger partial charge is 0.481 e. The number of halogens is 1. The number of carboxylic acids is 1. The maximum absolute atomic E-state index is 11.8. The standard InChI is InChI=1S/C20H17BrN2O5/c1-12(20(26)22-11-19(24)25)27-15-5-7-16(8-6-15)28-18-9-3-13-2-4-14(21)10-17(13)23-18/h2-10,12H,11H2,1H3,(H,22,26)(H,24,25)/t12-/m1/s1. The number of pyridine rings is 1. The first-order valence-corrected chi connectivity index (χ1v) is 9.20. The van der Waals surface area contributed by atoms with Crippen LogP contribution in [0.25, 0.3) is 10.9 Å². The summed E-state index contributed by atoms with van der Waals surface area (Å²) in [6.07, 6.45) is -0.827. The number of carboxylic acid groups (broad SMARTS) is 1. The van der Waals surface area contributed by atoms with Crippen LogP contribution in [0.15, 0.2) is 59.1 Å². The maximum atomic E-state index is 11.8. The zero-order valence-electron chi connectivity index (χ0n) is 14.9. The Morgan fingerprint density at radius 1 is 1.11 bits per heavy atom. The van der Waals surface area contributed by atoms with Crippen LogP contribution in [0.3, 0.4) is 0 Å². The highest BCUT2D eigenvalue weighted by atomic mass is 79.9. The van der Waals surface area contributed by atoms with Crippen molar-refractivity contribution >= 4 is 38.7 Å². The predicted molar refractivity (Wildman–Crippen MR) is 107 cm³/mol. The topological polar surface area (TPSA) is 97.8 Å². The molecular weight excluding hydrogens is 428 g/mol. The molecule has 2 N–H and O–H groups in total. The molecule has 3 aromatic rings. The smallest absolute Gasteiger partial charge is 0.322 e. The third kappa shape index (κ3) is 5.20. The van der Waals surface area contributed by atoms with Crippen LogP contribution >= 0.6 is 15.9 Å². The van der Waals surface area contributed by atoms with E-state index in [1.54, 1.807) is 37.3 Å². The van der Waals surface area contributed by atoms with Crippen LogP contribution in [0.1, 0.15) is 6.92 Å². The van der Waals surface area contributed by atoms with Gasteiger partial charge in [-0.3, -0.25) is 9.59 Å². The maximum Gasteiger partial charge on any atom is 0.322 e. The highest BCUT2D eigenvalue weighted by molar-refractivity contribution is 9.10. The number of rotatable bonds is 7. The highest BCUT2D eigenvalue weighted by Gasteiger charge is 2.15. The van der Waals surface area contributed by atoms with Crippen LogP contribution in [0.5, 0.6) is 17.4 Å². The van der Waals surface area contributed by atoms with Crippen LogP contribution in [0.4, 0.5) is 0 Å².